The Kier molecular flexibility index (Phi) is 4.96. The fourth-order valence-corrected chi connectivity index (χ4v) is 2.85. The van der Waals surface area contributed by atoms with Crippen molar-refractivity contribution in [3.05, 3.63) is 27.7 Å². The van der Waals surface area contributed by atoms with Crippen LogP contribution in [0.15, 0.2) is 12.1 Å². The summed E-state index contributed by atoms with van der Waals surface area (Å²) >= 11 is 12.3. The number of amides is 1. The number of nitrogens with zero attached hydrogens (tertiary/aromatic N) is 1. The number of rotatable bonds is 4. The monoisotopic (exact) mass is 319 g/mol. The van der Waals surface area contributed by atoms with E-state index in [1.165, 1.54) is 12.0 Å². The number of benzene rings is 1. The summed E-state index contributed by atoms with van der Waals surface area (Å²) in [7, 11) is 1.51. The molecule has 1 amide bonds. The zero-order valence-electron chi connectivity index (χ0n) is 10.9. The molecule has 0 bridgehead atoms. The van der Waals surface area contributed by atoms with E-state index >= 15 is 0 Å². The van der Waals surface area contributed by atoms with Crippen molar-refractivity contribution in [1.82, 2.24) is 4.90 Å². The third-order valence-corrected chi connectivity index (χ3v) is 4.08. The van der Waals surface area contributed by atoms with Gasteiger partial charge in [-0.1, -0.05) is 23.2 Å². The van der Waals surface area contributed by atoms with E-state index in [1.54, 1.807) is 12.1 Å². The van der Waals surface area contributed by atoms with Crippen molar-refractivity contribution in [2.24, 2.45) is 0 Å². The molecule has 2 rings (SSSR count). The molecule has 1 N–H and O–H groups in total. The van der Waals surface area contributed by atoms with Crippen LogP contribution >= 0.6 is 23.2 Å². The molecule has 20 heavy (non-hydrogen) atoms. The average Bonchev–Trinajstić information content (AvgIpc) is 2.89. The van der Waals surface area contributed by atoms with E-state index < -0.39 is 6.09 Å². The summed E-state index contributed by atoms with van der Waals surface area (Å²) in [6.45, 7) is 0.539. The molecular formula is C13H15Cl2NO4. The third-order valence-electron chi connectivity index (χ3n) is 3.26. The Bertz CT molecular complexity index is 509. The van der Waals surface area contributed by atoms with Crippen LogP contribution in [0, 0.1) is 0 Å². The van der Waals surface area contributed by atoms with Gasteiger partial charge in [0.25, 0.3) is 0 Å². The molecule has 1 saturated heterocycles. The Hall–Kier alpha value is -1.17. The minimum atomic E-state index is -0.971. The quantitative estimate of drug-likeness (QED) is 0.858. The first-order valence-electron chi connectivity index (χ1n) is 6.15. The maximum atomic E-state index is 11.3. The van der Waals surface area contributed by atoms with Crippen LogP contribution in [0.25, 0.3) is 0 Å². The number of likely N-dealkylation sites (tertiary alicyclic amines) is 1. The highest BCUT2D eigenvalue weighted by molar-refractivity contribution is 6.42. The average molecular weight is 320 g/mol. The van der Waals surface area contributed by atoms with E-state index in [9.17, 15) is 9.90 Å². The number of hydrogen-bond acceptors (Lipinski definition) is 3. The summed E-state index contributed by atoms with van der Waals surface area (Å²) < 4.78 is 10.4. The molecule has 0 radical (unpaired) electrons. The SMILES string of the molecule is COCOc1ccc(Cl)c(Cl)c1C1CCCN1C(=O)O. The second kappa shape index (κ2) is 6.52. The first kappa shape index (κ1) is 15.2. The van der Waals surface area contributed by atoms with E-state index in [0.717, 1.165) is 6.42 Å². The van der Waals surface area contributed by atoms with Crippen molar-refractivity contribution in [3.8, 4) is 5.75 Å². The van der Waals surface area contributed by atoms with Gasteiger partial charge >= 0.3 is 6.09 Å². The second-order valence-corrected chi connectivity index (χ2v) is 5.24. The highest BCUT2D eigenvalue weighted by atomic mass is 35.5. The van der Waals surface area contributed by atoms with Gasteiger partial charge in [0.1, 0.15) is 5.75 Å². The van der Waals surface area contributed by atoms with Crippen LogP contribution in [0.1, 0.15) is 24.4 Å². The van der Waals surface area contributed by atoms with Crippen LogP contribution in [0.3, 0.4) is 0 Å². The second-order valence-electron chi connectivity index (χ2n) is 4.46. The van der Waals surface area contributed by atoms with Gasteiger partial charge in [-0.25, -0.2) is 4.79 Å². The summed E-state index contributed by atoms with van der Waals surface area (Å²) in [6, 6.07) is 2.96. The Morgan fingerprint density at radius 1 is 1.50 bits per heavy atom. The van der Waals surface area contributed by atoms with Crippen LogP contribution in [0.2, 0.25) is 10.0 Å². The molecule has 1 aromatic rings. The summed E-state index contributed by atoms with van der Waals surface area (Å²) in [5.74, 6) is 0.499. The molecule has 0 aliphatic carbocycles. The zero-order valence-corrected chi connectivity index (χ0v) is 12.4. The van der Waals surface area contributed by atoms with Gasteiger partial charge in [0.15, 0.2) is 6.79 Å². The predicted octanol–water partition coefficient (Wildman–Crippen LogP) is 3.79. The maximum absolute atomic E-state index is 11.3. The lowest BCUT2D eigenvalue weighted by molar-refractivity contribution is 0.0494. The Labute approximate surface area is 127 Å². The first-order valence-corrected chi connectivity index (χ1v) is 6.91. The highest BCUT2D eigenvalue weighted by Crippen LogP contribution is 2.43. The van der Waals surface area contributed by atoms with Crippen LogP contribution in [-0.2, 0) is 4.74 Å². The predicted molar refractivity (Wildman–Crippen MR) is 75.7 cm³/mol. The minimum absolute atomic E-state index is 0.0603. The molecule has 0 aromatic heterocycles. The summed E-state index contributed by atoms with van der Waals surface area (Å²) in [4.78, 5) is 12.6. The molecule has 5 nitrogen and oxygen atoms in total. The number of methoxy groups -OCH3 is 1. The fraction of sp³-hybridized carbons (Fsp3) is 0.462. The summed E-state index contributed by atoms with van der Waals surface area (Å²) in [5.41, 5.74) is 0.608. The van der Waals surface area contributed by atoms with Crippen molar-refractivity contribution in [2.45, 2.75) is 18.9 Å². The Morgan fingerprint density at radius 2 is 2.25 bits per heavy atom. The van der Waals surface area contributed by atoms with Gasteiger partial charge < -0.3 is 19.5 Å². The van der Waals surface area contributed by atoms with Crippen molar-refractivity contribution < 1.29 is 19.4 Å². The molecule has 1 unspecified atom stereocenters. The molecule has 1 fully saturated rings. The Morgan fingerprint density at radius 3 is 2.90 bits per heavy atom. The van der Waals surface area contributed by atoms with E-state index in [2.05, 4.69) is 0 Å². The van der Waals surface area contributed by atoms with Crippen LogP contribution in [0.4, 0.5) is 4.79 Å². The van der Waals surface area contributed by atoms with Gasteiger partial charge in [-0.3, -0.25) is 0 Å². The van der Waals surface area contributed by atoms with Crippen molar-refractivity contribution >= 4 is 29.3 Å². The molecule has 1 heterocycles. The third kappa shape index (κ3) is 2.95. The number of carboxylic acid groups (broad SMARTS) is 1. The van der Waals surface area contributed by atoms with Gasteiger partial charge in [0.05, 0.1) is 16.1 Å². The highest BCUT2D eigenvalue weighted by Gasteiger charge is 2.34. The molecule has 1 atom stereocenters. The lowest BCUT2D eigenvalue weighted by atomic mass is 10.0. The van der Waals surface area contributed by atoms with Gasteiger partial charge in [-0.15, -0.1) is 0 Å². The molecule has 0 saturated carbocycles. The molecule has 1 aromatic carbocycles. The standard InChI is InChI=1S/C13H15Cl2NO4/c1-19-7-20-10-5-4-8(14)12(15)11(10)9-3-2-6-16(9)13(17)18/h4-5,9H,2-3,6-7H2,1H3,(H,17,18). The number of halogens is 2. The molecule has 1 aliphatic heterocycles. The number of carbonyl (C=O) groups is 1. The largest absolute Gasteiger partial charge is 0.467 e. The van der Waals surface area contributed by atoms with Crippen molar-refractivity contribution in [3.63, 3.8) is 0 Å². The normalized spacial score (nSPS) is 18.4. The zero-order chi connectivity index (χ0) is 14.7. The van der Waals surface area contributed by atoms with Gasteiger partial charge in [-0.2, -0.15) is 0 Å². The molecule has 0 spiro atoms. The van der Waals surface area contributed by atoms with E-state index in [4.69, 9.17) is 32.7 Å². The number of ether oxygens (including phenoxy) is 2. The molecule has 110 valence electrons. The number of hydrogen-bond donors (Lipinski definition) is 1. The molecular weight excluding hydrogens is 305 g/mol. The van der Waals surface area contributed by atoms with Gasteiger partial charge in [-0.05, 0) is 25.0 Å². The summed E-state index contributed by atoms with van der Waals surface area (Å²) in [6.07, 6.45) is 0.500. The smallest absolute Gasteiger partial charge is 0.407 e. The van der Waals surface area contributed by atoms with E-state index in [1.807, 2.05) is 0 Å². The minimum Gasteiger partial charge on any atom is -0.467 e. The fourth-order valence-electron chi connectivity index (χ4n) is 2.40. The van der Waals surface area contributed by atoms with Crippen LogP contribution in [-0.4, -0.2) is 36.5 Å². The van der Waals surface area contributed by atoms with Crippen molar-refractivity contribution in [1.29, 1.82) is 0 Å². The van der Waals surface area contributed by atoms with E-state index in [0.29, 0.717) is 34.3 Å². The first-order chi connectivity index (χ1) is 9.56. The topological polar surface area (TPSA) is 59.0 Å². The summed E-state index contributed by atoms with van der Waals surface area (Å²) in [5, 5.41) is 9.97. The van der Waals surface area contributed by atoms with E-state index in [-0.39, 0.29) is 12.8 Å². The van der Waals surface area contributed by atoms with Gasteiger partial charge in [0.2, 0.25) is 0 Å². The molecule has 7 heteroatoms. The van der Waals surface area contributed by atoms with Crippen LogP contribution < -0.4 is 4.74 Å². The van der Waals surface area contributed by atoms with Gasteiger partial charge in [0, 0.05) is 19.2 Å². The van der Waals surface area contributed by atoms with Crippen LogP contribution in [0.5, 0.6) is 5.75 Å². The maximum Gasteiger partial charge on any atom is 0.407 e. The Balaban J connectivity index is 2.42. The lowest BCUT2D eigenvalue weighted by Gasteiger charge is -2.25. The van der Waals surface area contributed by atoms with Crippen molar-refractivity contribution in [2.75, 3.05) is 20.4 Å². The lowest BCUT2D eigenvalue weighted by Crippen LogP contribution is -2.29. The molecule has 1 aliphatic rings.